The molecule has 3 rings (SSSR count). The predicted molar refractivity (Wildman–Crippen MR) is 122 cm³/mol. The summed E-state index contributed by atoms with van der Waals surface area (Å²) < 4.78 is 5.13. The number of halogens is 1. The summed E-state index contributed by atoms with van der Waals surface area (Å²) in [7, 11) is 1.55. The number of piperidine rings is 1. The fourth-order valence-corrected chi connectivity index (χ4v) is 4.12. The van der Waals surface area contributed by atoms with Gasteiger partial charge in [0.25, 0.3) is 5.91 Å². The summed E-state index contributed by atoms with van der Waals surface area (Å²) in [4.78, 5) is 27.1. The molecule has 2 amide bonds. The van der Waals surface area contributed by atoms with E-state index in [1.807, 2.05) is 12.1 Å². The molecule has 0 aromatic heterocycles. The molecule has 0 bridgehead atoms. The van der Waals surface area contributed by atoms with Gasteiger partial charge in [-0.3, -0.25) is 14.5 Å². The number of nitrogens with one attached hydrogen (secondary N) is 2. The minimum atomic E-state index is -0.293. The summed E-state index contributed by atoms with van der Waals surface area (Å²) in [5, 5.41) is 6.51. The van der Waals surface area contributed by atoms with E-state index in [1.165, 1.54) is 5.56 Å². The second kappa shape index (κ2) is 11.2. The normalized spacial score (nSPS) is 18.9. The quantitative estimate of drug-likeness (QED) is 0.653. The molecule has 1 heterocycles. The van der Waals surface area contributed by atoms with E-state index >= 15 is 0 Å². The number of hydrogen-bond donors (Lipinski definition) is 2. The molecule has 2 aromatic carbocycles. The van der Waals surface area contributed by atoms with Gasteiger partial charge in [-0.1, -0.05) is 36.7 Å². The highest BCUT2D eigenvalue weighted by molar-refractivity contribution is 6.30. The number of rotatable bonds is 8. The number of amides is 2. The molecule has 2 N–H and O–H groups in total. The van der Waals surface area contributed by atoms with Crippen molar-refractivity contribution in [2.24, 2.45) is 0 Å². The minimum absolute atomic E-state index is 0.0438. The highest BCUT2D eigenvalue weighted by Crippen LogP contribution is 2.23. The molecule has 31 heavy (non-hydrogen) atoms. The lowest BCUT2D eigenvalue weighted by atomic mass is 9.94. The van der Waals surface area contributed by atoms with Crippen molar-refractivity contribution in [2.45, 2.75) is 44.8 Å². The van der Waals surface area contributed by atoms with E-state index < -0.39 is 0 Å². The third-order valence-corrected chi connectivity index (χ3v) is 5.97. The molecule has 1 fully saturated rings. The van der Waals surface area contributed by atoms with Crippen molar-refractivity contribution in [3.05, 3.63) is 64.7 Å². The van der Waals surface area contributed by atoms with Gasteiger partial charge < -0.3 is 15.4 Å². The van der Waals surface area contributed by atoms with Gasteiger partial charge in [0.15, 0.2) is 0 Å². The summed E-state index contributed by atoms with van der Waals surface area (Å²) >= 11 is 5.99. The van der Waals surface area contributed by atoms with Crippen molar-refractivity contribution in [3.8, 4) is 5.75 Å². The summed E-state index contributed by atoms with van der Waals surface area (Å²) in [5.41, 5.74) is 1.71. The van der Waals surface area contributed by atoms with Gasteiger partial charge in [-0.25, -0.2) is 0 Å². The maximum Gasteiger partial charge on any atom is 0.251 e. The molecule has 0 unspecified atom stereocenters. The fraction of sp³-hybridized carbons (Fsp3) is 0.417. The van der Waals surface area contributed by atoms with Crippen LogP contribution in [0, 0.1) is 0 Å². The van der Waals surface area contributed by atoms with E-state index in [2.05, 4.69) is 34.6 Å². The smallest absolute Gasteiger partial charge is 0.251 e. The van der Waals surface area contributed by atoms with Crippen LogP contribution >= 0.6 is 11.6 Å². The summed E-state index contributed by atoms with van der Waals surface area (Å²) in [6, 6.07) is 15.3. The largest absolute Gasteiger partial charge is 0.497 e. The number of ether oxygens (including phenoxy) is 1. The zero-order valence-corrected chi connectivity index (χ0v) is 18.8. The van der Waals surface area contributed by atoms with Crippen LogP contribution < -0.4 is 15.4 Å². The highest BCUT2D eigenvalue weighted by Gasteiger charge is 2.28. The van der Waals surface area contributed by atoms with Crippen molar-refractivity contribution < 1.29 is 14.3 Å². The third kappa shape index (κ3) is 6.71. The van der Waals surface area contributed by atoms with Gasteiger partial charge in [0, 0.05) is 35.8 Å². The monoisotopic (exact) mass is 443 g/mol. The molecule has 1 saturated heterocycles. The van der Waals surface area contributed by atoms with Crippen molar-refractivity contribution >= 4 is 23.4 Å². The van der Waals surface area contributed by atoms with Crippen molar-refractivity contribution in [3.63, 3.8) is 0 Å². The zero-order chi connectivity index (χ0) is 22.2. The van der Waals surface area contributed by atoms with Crippen molar-refractivity contribution in [1.82, 2.24) is 15.5 Å². The van der Waals surface area contributed by atoms with Crippen LogP contribution in [0.2, 0.25) is 5.02 Å². The van der Waals surface area contributed by atoms with Crippen LogP contribution in [-0.2, 0) is 11.3 Å². The Morgan fingerprint density at radius 1 is 1.19 bits per heavy atom. The first-order valence-corrected chi connectivity index (χ1v) is 11.1. The van der Waals surface area contributed by atoms with E-state index in [-0.39, 0.29) is 24.4 Å². The maximum atomic E-state index is 12.4. The molecule has 7 heteroatoms. The van der Waals surface area contributed by atoms with Crippen LogP contribution in [0.1, 0.15) is 42.1 Å². The second-order valence-corrected chi connectivity index (χ2v) is 8.30. The topological polar surface area (TPSA) is 70.7 Å². The van der Waals surface area contributed by atoms with Gasteiger partial charge in [0.05, 0.1) is 13.7 Å². The molecule has 6 nitrogen and oxygen atoms in total. The Hall–Kier alpha value is -2.57. The molecular weight excluding hydrogens is 414 g/mol. The Bertz CT molecular complexity index is 888. The Labute approximate surface area is 188 Å². The first-order chi connectivity index (χ1) is 15.0. The molecule has 0 spiro atoms. The molecule has 0 radical (unpaired) electrons. The van der Waals surface area contributed by atoms with Crippen LogP contribution in [0.5, 0.6) is 5.75 Å². The molecule has 0 aliphatic carbocycles. The Morgan fingerprint density at radius 3 is 2.68 bits per heavy atom. The molecule has 2 atom stereocenters. The summed E-state index contributed by atoms with van der Waals surface area (Å²) in [5.74, 6) is 0.147. The average molecular weight is 444 g/mol. The van der Waals surface area contributed by atoms with Crippen LogP contribution in [0.15, 0.2) is 48.5 Å². The molecule has 0 saturated carbocycles. The zero-order valence-electron chi connectivity index (χ0n) is 18.1. The number of carbonyl (C=O) groups is 2. The van der Waals surface area contributed by atoms with Gasteiger partial charge in [-0.05, 0) is 55.2 Å². The lowest BCUT2D eigenvalue weighted by Crippen LogP contribution is -2.51. The number of methoxy groups -OCH3 is 1. The van der Waals surface area contributed by atoms with Gasteiger partial charge in [-0.15, -0.1) is 0 Å². The van der Waals surface area contributed by atoms with E-state index in [1.54, 1.807) is 31.4 Å². The Balaban J connectivity index is 1.46. The molecule has 166 valence electrons. The molecule has 2 aromatic rings. The van der Waals surface area contributed by atoms with Gasteiger partial charge in [0.1, 0.15) is 5.75 Å². The first kappa shape index (κ1) is 23.1. The fourth-order valence-electron chi connectivity index (χ4n) is 3.99. The van der Waals surface area contributed by atoms with E-state index in [9.17, 15) is 9.59 Å². The molecular formula is C24H30ClN3O3. The summed E-state index contributed by atoms with van der Waals surface area (Å²) in [6.45, 7) is 3.94. The molecule has 1 aliphatic rings. The van der Waals surface area contributed by atoms with Crippen molar-refractivity contribution in [1.29, 1.82) is 0 Å². The number of carbonyl (C=O) groups excluding carboxylic acids is 2. The first-order valence-electron chi connectivity index (χ1n) is 10.7. The number of likely N-dealkylation sites (tertiary alicyclic amines) is 1. The summed E-state index contributed by atoms with van der Waals surface area (Å²) in [6.07, 6.45) is 2.81. The maximum absolute atomic E-state index is 12.4. The lowest BCUT2D eigenvalue weighted by Gasteiger charge is -2.39. The second-order valence-electron chi connectivity index (χ2n) is 7.86. The Morgan fingerprint density at radius 2 is 1.97 bits per heavy atom. The third-order valence-electron chi connectivity index (χ3n) is 5.71. The van der Waals surface area contributed by atoms with Crippen molar-refractivity contribution in [2.75, 3.05) is 20.2 Å². The highest BCUT2D eigenvalue weighted by atomic mass is 35.5. The van der Waals surface area contributed by atoms with E-state index in [0.717, 1.165) is 37.4 Å². The van der Waals surface area contributed by atoms with Crippen LogP contribution in [0.25, 0.3) is 0 Å². The van der Waals surface area contributed by atoms with E-state index in [0.29, 0.717) is 17.4 Å². The van der Waals surface area contributed by atoms with Gasteiger partial charge in [-0.2, -0.15) is 0 Å². The Kier molecular flexibility index (Phi) is 8.32. The number of nitrogens with zero attached hydrogens (tertiary/aromatic N) is 1. The predicted octanol–water partition coefficient (Wildman–Crippen LogP) is 3.64. The standard InChI is InChI=1S/C24H30ClN3O3/c1-3-21-14-20(11-12-28(21)16-17-7-9-19(25)10-8-17)27-23(29)15-26-24(30)18-5-4-6-22(13-18)31-2/h4-10,13,20-21H,3,11-12,14-16H2,1-2H3,(H,26,30)(H,27,29)/t20-,21-/m0/s1. The number of benzene rings is 2. The minimum Gasteiger partial charge on any atom is -0.497 e. The van der Waals surface area contributed by atoms with Crippen LogP contribution in [-0.4, -0.2) is 49.0 Å². The van der Waals surface area contributed by atoms with Gasteiger partial charge >= 0.3 is 0 Å². The van der Waals surface area contributed by atoms with Crippen LogP contribution in [0.4, 0.5) is 0 Å². The lowest BCUT2D eigenvalue weighted by molar-refractivity contribution is -0.121. The average Bonchev–Trinajstić information content (AvgIpc) is 2.79. The van der Waals surface area contributed by atoms with Crippen LogP contribution in [0.3, 0.4) is 0 Å². The number of hydrogen-bond acceptors (Lipinski definition) is 4. The van der Waals surface area contributed by atoms with E-state index in [4.69, 9.17) is 16.3 Å². The molecule has 1 aliphatic heterocycles. The SMILES string of the molecule is CC[C@H]1C[C@@H](NC(=O)CNC(=O)c2cccc(OC)c2)CCN1Cc1ccc(Cl)cc1. The van der Waals surface area contributed by atoms with Gasteiger partial charge in [0.2, 0.25) is 5.91 Å².